The first kappa shape index (κ1) is 14.3. The molecule has 0 amide bonds. The van der Waals surface area contributed by atoms with Gasteiger partial charge in [-0.15, -0.1) is 11.6 Å². The normalized spacial score (nSPS) is 12.6. The number of rotatable bonds is 4. The highest BCUT2D eigenvalue weighted by atomic mass is 35.5. The minimum atomic E-state index is -4.18. The highest BCUT2D eigenvalue weighted by Crippen LogP contribution is 2.28. The molecule has 0 bridgehead atoms. The predicted molar refractivity (Wildman–Crippen MR) is 63.0 cm³/mol. The van der Waals surface area contributed by atoms with Crippen LogP contribution in [0.4, 0.5) is 17.6 Å². The Kier molecular flexibility index (Phi) is 3.87. The van der Waals surface area contributed by atoms with Crippen LogP contribution >= 0.6 is 23.2 Å². The van der Waals surface area contributed by atoms with Gasteiger partial charge in [-0.1, -0.05) is 11.6 Å². The number of hydrogen-bond donors (Lipinski definition) is 0. The molecule has 3 nitrogen and oxygen atoms in total. The summed E-state index contributed by atoms with van der Waals surface area (Å²) in [5.74, 6) is -4.35. The lowest BCUT2D eigenvalue weighted by Gasteiger charge is -2.17. The predicted octanol–water partition coefficient (Wildman–Crippen LogP) is 3.72. The molecule has 2 rings (SSSR count). The van der Waals surface area contributed by atoms with Crippen molar-refractivity contribution in [3.8, 4) is 0 Å². The first-order valence-electron chi connectivity index (χ1n) is 5.07. The zero-order valence-electron chi connectivity index (χ0n) is 9.26. The van der Waals surface area contributed by atoms with Gasteiger partial charge in [0.05, 0.1) is 17.4 Å². The third-order valence-electron chi connectivity index (χ3n) is 2.44. The summed E-state index contributed by atoms with van der Waals surface area (Å²) in [4.78, 5) is 7.77. The smallest absolute Gasteiger partial charge is 0.305 e. The fourth-order valence-corrected chi connectivity index (χ4v) is 1.94. The van der Waals surface area contributed by atoms with Gasteiger partial charge in [0.1, 0.15) is 11.3 Å². The van der Waals surface area contributed by atoms with Crippen molar-refractivity contribution in [2.45, 2.75) is 24.8 Å². The molecule has 0 aliphatic carbocycles. The van der Waals surface area contributed by atoms with Crippen molar-refractivity contribution in [1.82, 2.24) is 14.5 Å². The standard InChI is InChI=1S/C10H7Cl2F4N3/c11-2-7-18-6-1-5(12)3-17-8(6)19(7)4-10(15,16)9(13)14/h1,3,9H,2,4H2. The number of pyridine rings is 1. The van der Waals surface area contributed by atoms with Gasteiger partial charge >= 0.3 is 12.3 Å². The Labute approximate surface area is 115 Å². The summed E-state index contributed by atoms with van der Waals surface area (Å²) in [6, 6.07) is 1.40. The van der Waals surface area contributed by atoms with E-state index in [0.29, 0.717) is 0 Å². The SMILES string of the molecule is FC(F)C(F)(F)Cn1c(CCl)nc2cc(Cl)cnc21. The van der Waals surface area contributed by atoms with E-state index in [9.17, 15) is 17.6 Å². The van der Waals surface area contributed by atoms with E-state index in [2.05, 4.69) is 9.97 Å². The van der Waals surface area contributed by atoms with Crippen LogP contribution in [0.5, 0.6) is 0 Å². The Morgan fingerprint density at radius 1 is 1.37 bits per heavy atom. The summed E-state index contributed by atoms with van der Waals surface area (Å²) >= 11 is 11.3. The zero-order valence-corrected chi connectivity index (χ0v) is 10.8. The summed E-state index contributed by atoms with van der Waals surface area (Å²) in [5.41, 5.74) is 0.272. The van der Waals surface area contributed by atoms with E-state index < -0.39 is 18.9 Å². The van der Waals surface area contributed by atoms with Crippen LogP contribution in [0.2, 0.25) is 5.02 Å². The highest BCUT2D eigenvalue weighted by Gasteiger charge is 2.42. The minimum Gasteiger partial charge on any atom is -0.305 e. The number of alkyl halides is 5. The van der Waals surface area contributed by atoms with Gasteiger partial charge in [0, 0.05) is 6.20 Å². The van der Waals surface area contributed by atoms with E-state index in [1.165, 1.54) is 12.3 Å². The third kappa shape index (κ3) is 2.76. The van der Waals surface area contributed by atoms with Gasteiger partial charge in [0.15, 0.2) is 5.65 Å². The average molecular weight is 316 g/mol. The molecular formula is C10H7Cl2F4N3. The molecule has 0 N–H and O–H groups in total. The van der Waals surface area contributed by atoms with Gasteiger partial charge in [0.2, 0.25) is 0 Å². The van der Waals surface area contributed by atoms with Crippen LogP contribution in [0.3, 0.4) is 0 Å². The van der Waals surface area contributed by atoms with Crippen molar-refractivity contribution in [3.05, 3.63) is 23.1 Å². The van der Waals surface area contributed by atoms with Crippen molar-refractivity contribution >= 4 is 34.4 Å². The second-order valence-corrected chi connectivity index (χ2v) is 4.51. The lowest BCUT2D eigenvalue weighted by molar-refractivity contribution is -0.137. The highest BCUT2D eigenvalue weighted by molar-refractivity contribution is 6.31. The molecule has 2 aromatic rings. The second-order valence-electron chi connectivity index (χ2n) is 3.81. The average Bonchev–Trinajstić information content (AvgIpc) is 2.65. The van der Waals surface area contributed by atoms with E-state index in [1.54, 1.807) is 0 Å². The van der Waals surface area contributed by atoms with Gasteiger partial charge in [-0.3, -0.25) is 0 Å². The molecule has 104 valence electrons. The van der Waals surface area contributed by atoms with E-state index in [1.807, 2.05) is 0 Å². The Morgan fingerprint density at radius 3 is 2.63 bits per heavy atom. The van der Waals surface area contributed by atoms with E-state index in [-0.39, 0.29) is 27.9 Å². The van der Waals surface area contributed by atoms with E-state index in [0.717, 1.165) is 4.57 Å². The number of fused-ring (bicyclic) bond motifs is 1. The quantitative estimate of drug-likeness (QED) is 0.636. The first-order valence-corrected chi connectivity index (χ1v) is 5.99. The van der Waals surface area contributed by atoms with Crippen LogP contribution in [0, 0.1) is 0 Å². The Balaban J connectivity index is 2.52. The lowest BCUT2D eigenvalue weighted by Crippen LogP contribution is -2.32. The fourth-order valence-electron chi connectivity index (χ4n) is 1.58. The van der Waals surface area contributed by atoms with Crippen LogP contribution in [0.25, 0.3) is 11.2 Å². The summed E-state index contributed by atoms with van der Waals surface area (Å²) in [6.07, 6.45) is -2.55. The third-order valence-corrected chi connectivity index (χ3v) is 2.88. The maximum Gasteiger partial charge on any atom is 0.324 e. The molecule has 0 aromatic carbocycles. The molecule has 0 unspecified atom stereocenters. The molecule has 0 atom stereocenters. The van der Waals surface area contributed by atoms with Crippen molar-refractivity contribution in [3.63, 3.8) is 0 Å². The van der Waals surface area contributed by atoms with Crippen molar-refractivity contribution in [1.29, 1.82) is 0 Å². The van der Waals surface area contributed by atoms with Crippen LogP contribution in [-0.2, 0) is 12.4 Å². The monoisotopic (exact) mass is 315 g/mol. The molecule has 0 aliphatic rings. The molecule has 0 fully saturated rings. The summed E-state index contributed by atoms with van der Waals surface area (Å²) < 4.78 is 51.6. The number of aromatic nitrogens is 3. The fraction of sp³-hybridized carbons (Fsp3) is 0.400. The van der Waals surface area contributed by atoms with Gasteiger partial charge in [-0.25, -0.2) is 18.7 Å². The molecular weight excluding hydrogens is 309 g/mol. The first-order chi connectivity index (χ1) is 8.85. The zero-order chi connectivity index (χ0) is 14.2. The number of hydrogen-bond acceptors (Lipinski definition) is 2. The van der Waals surface area contributed by atoms with Crippen LogP contribution in [0.15, 0.2) is 12.3 Å². The molecule has 9 heteroatoms. The van der Waals surface area contributed by atoms with Gasteiger partial charge in [0.25, 0.3) is 0 Å². The Hall–Kier alpha value is -1.08. The molecule has 2 heterocycles. The summed E-state index contributed by atoms with van der Waals surface area (Å²) in [7, 11) is 0. The van der Waals surface area contributed by atoms with Gasteiger partial charge < -0.3 is 4.57 Å². The van der Waals surface area contributed by atoms with Crippen LogP contribution in [0.1, 0.15) is 5.82 Å². The Bertz CT molecular complexity index is 600. The summed E-state index contributed by atoms with van der Waals surface area (Å²) in [5, 5.41) is 0.263. The van der Waals surface area contributed by atoms with E-state index >= 15 is 0 Å². The minimum absolute atomic E-state index is 0.0340. The van der Waals surface area contributed by atoms with Gasteiger partial charge in [-0.05, 0) is 6.07 Å². The van der Waals surface area contributed by atoms with E-state index in [4.69, 9.17) is 23.2 Å². The van der Waals surface area contributed by atoms with Crippen LogP contribution in [-0.4, -0.2) is 26.9 Å². The molecule has 19 heavy (non-hydrogen) atoms. The van der Waals surface area contributed by atoms with Crippen molar-refractivity contribution in [2.75, 3.05) is 0 Å². The molecule has 0 aliphatic heterocycles. The number of imidazole rings is 1. The maximum absolute atomic E-state index is 13.1. The number of halogens is 6. The maximum atomic E-state index is 13.1. The summed E-state index contributed by atoms with van der Waals surface area (Å²) in [6.45, 7) is -1.24. The van der Waals surface area contributed by atoms with Crippen LogP contribution < -0.4 is 0 Å². The second kappa shape index (κ2) is 5.13. The molecule has 0 saturated heterocycles. The largest absolute Gasteiger partial charge is 0.324 e. The molecule has 0 saturated carbocycles. The molecule has 0 spiro atoms. The van der Waals surface area contributed by atoms with Crippen molar-refractivity contribution in [2.24, 2.45) is 0 Å². The Morgan fingerprint density at radius 2 is 2.05 bits per heavy atom. The topological polar surface area (TPSA) is 30.7 Å². The molecule has 0 radical (unpaired) electrons. The van der Waals surface area contributed by atoms with Crippen molar-refractivity contribution < 1.29 is 17.6 Å². The molecule has 2 aromatic heterocycles. The lowest BCUT2D eigenvalue weighted by atomic mass is 10.3. The number of nitrogens with zero attached hydrogens (tertiary/aromatic N) is 3. The van der Waals surface area contributed by atoms with Gasteiger partial charge in [-0.2, -0.15) is 8.78 Å².